The van der Waals surface area contributed by atoms with Crippen LogP contribution in [0.3, 0.4) is 0 Å². The number of amides is 2. The molecule has 3 atom stereocenters. The molecule has 1 aliphatic rings. The molecule has 0 aliphatic carbocycles. The average Bonchev–Trinajstić information content (AvgIpc) is 2.42. The number of likely N-dealkylation sites (tertiary alicyclic amines) is 1. The van der Waals surface area contributed by atoms with Crippen molar-refractivity contribution < 1.29 is 9.90 Å². The second-order valence-corrected chi connectivity index (χ2v) is 7.71. The van der Waals surface area contributed by atoms with Gasteiger partial charge >= 0.3 is 6.03 Å². The van der Waals surface area contributed by atoms with Gasteiger partial charge in [-0.3, -0.25) is 0 Å². The summed E-state index contributed by atoms with van der Waals surface area (Å²) in [6.07, 6.45) is 1.38. The van der Waals surface area contributed by atoms with Crippen molar-refractivity contribution in [3.63, 3.8) is 0 Å². The molecule has 1 rings (SSSR count). The Hall–Kier alpha value is -0.810. The number of hydrogen-bond donors (Lipinski definition) is 2. The number of urea groups is 1. The molecule has 1 heterocycles. The lowest BCUT2D eigenvalue weighted by Crippen LogP contribution is -2.53. The Kier molecular flexibility index (Phi) is 7.13. The number of hydrogen-bond acceptors (Lipinski definition) is 3. The molecule has 3 unspecified atom stereocenters. The van der Waals surface area contributed by atoms with Gasteiger partial charge in [-0.2, -0.15) is 0 Å². The zero-order chi connectivity index (χ0) is 16.9. The number of rotatable bonds is 6. The molecule has 0 spiro atoms. The fraction of sp³-hybridized carbons (Fsp3) is 0.941. The quantitative estimate of drug-likeness (QED) is 0.790. The van der Waals surface area contributed by atoms with Gasteiger partial charge in [-0.1, -0.05) is 27.7 Å². The second-order valence-electron chi connectivity index (χ2n) is 7.71. The first kappa shape index (κ1) is 19.2. The van der Waals surface area contributed by atoms with Gasteiger partial charge in [0, 0.05) is 32.7 Å². The minimum absolute atomic E-state index is 0.000432. The summed E-state index contributed by atoms with van der Waals surface area (Å²) in [5, 5.41) is 12.6. The number of nitrogens with one attached hydrogen (secondary N) is 1. The van der Waals surface area contributed by atoms with E-state index in [4.69, 9.17) is 0 Å². The van der Waals surface area contributed by atoms with Crippen LogP contribution in [-0.4, -0.2) is 66.3 Å². The largest absolute Gasteiger partial charge is 0.393 e. The molecular weight excluding hydrogens is 278 g/mol. The third-order valence-electron chi connectivity index (χ3n) is 4.78. The summed E-state index contributed by atoms with van der Waals surface area (Å²) in [5.41, 5.74) is -0.0954. The maximum Gasteiger partial charge on any atom is 0.317 e. The van der Waals surface area contributed by atoms with E-state index in [1.54, 1.807) is 6.92 Å². The van der Waals surface area contributed by atoms with Crippen molar-refractivity contribution in [3.8, 4) is 0 Å². The molecule has 5 nitrogen and oxygen atoms in total. The molecule has 1 saturated heterocycles. The van der Waals surface area contributed by atoms with Gasteiger partial charge in [0.1, 0.15) is 0 Å². The highest BCUT2D eigenvalue weighted by atomic mass is 16.3. The van der Waals surface area contributed by atoms with E-state index in [0.717, 1.165) is 26.1 Å². The van der Waals surface area contributed by atoms with Gasteiger partial charge in [-0.05, 0) is 37.6 Å². The predicted octanol–water partition coefficient (Wildman–Crippen LogP) is 2.16. The Morgan fingerprint density at radius 3 is 2.64 bits per heavy atom. The Balaban J connectivity index is 2.48. The smallest absolute Gasteiger partial charge is 0.317 e. The zero-order valence-electron chi connectivity index (χ0n) is 15.2. The van der Waals surface area contributed by atoms with Crippen LogP contribution in [0.25, 0.3) is 0 Å². The second kappa shape index (κ2) is 8.16. The van der Waals surface area contributed by atoms with Gasteiger partial charge in [0.2, 0.25) is 0 Å². The van der Waals surface area contributed by atoms with E-state index in [0.29, 0.717) is 24.9 Å². The Morgan fingerprint density at radius 1 is 1.50 bits per heavy atom. The molecule has 0 radical (unpaired) electrons. The molecule has 0 aromatic carbocycles. The van der Waals surface area contributed by atoms with Crippen molar-refractivity contribution in [2.24, 2.45) is 11.3 Å². The number of piperidine rings is 1. The van der Waals surface area contributed by atoms with Crippen molar-refractivity contribution in [2.45, 2.75) is 59.6 Å². The zero-order valence-corrected chi connectivity index (χ0v) is 15.2. The number of carbonyl (C=O) groups is 1. The molecule has 0 aromatic rings. The molecule has 0 saturated carbocycles. The summed E-state index contributed by atoms with van der Waals surface area (Å²) < 4.78 is 0. The van der Waals surface area contributed by atoms with Crippen molar-refractivity contribution in [1.82, 2.24) is 15.1 Å². The molecule has 130 valence electrons. The molecule has 0 bridgehead atoms. The van der Waals surface area contributed by atoms with E-state index >= 15 is 0 Å². The summed E-state index contributed by atoms with van der Waals surface area (Å²) in [4.78, 5) is 16.7. The summed E-state index contributed by atoms with van der Waals surface area (Å²) in [5.74, 6) is 0.495. The Bertz CT molecular complexity index is 358. The minimum Gasteiger partial charge on any atom is -0.393 e. The molecule has 22 heavy (non-hydrogen) atoms. The van der Waals surface area contributed by atoms with Gasteiger partial charge in [0.15, 0.2) is 0 Å². The molecule has 1 aliphatic heterocycles. The molecule has 2 amide bonds. The van der Waals surface area contributed by atoms with Gasteiger partial charge in [0.25, 0.3) is 0 Å². The van der Waals surface area contributed by atoms with E-state index in [9.17, 15) is 9.90 Å². The highest BCUT2D eigenvalue weighted by Crippen LogP contribution is 2.23. The van der Waals surface area contributed by atoms with E-state index < -0.39 is 0 Å². The monoisotopic (exact) mass is 313 g/mol. The third kappa shape index (κ3) is 5.76. The molecule has 2 N–H and O–H groups in total. The van der Waals surface area contributed by atoms with Crippen LogP contribution in [0.15, 0.2) is 0 Å². The van der Waals surface area contributed by atoms with E-state index in [2.05, 4.69) is 37.9 Å². The summed E-state index contributed by atoms with van der Waals surface area (Å²) in [7, 11) is 1.90. The van der Waals surface area contributed by atoms with Crippen molar-refractivity contribution in [2.75, 3.05) is 33.2 Å². The lowest BCUT2D eigenvalue weighted by molar-refractivity contribution is 0.0927. The maximum atomic E-state index is 12.4. The van der Waals surface area contributed by atoms with Crippen molar-refractivity contribution in [3.05, 3.63) is 0 Å². The molecule has 0 aromatic heterocycles. The predicted molar refractivity (Wildman–Crippen MR) is 90.9 cm³/mol. The Labute approximate surface area is 136 Å². The van der Waals surface area contributed by atoms with Crippen LogP contribution in [0.5, 0.6) is 0 Å². The highest BCUT2D eigenvalue weighted by molar-refractivity contribution is 5.74. The average molecular weight is 313 g/mol. The maximum absolute atomic E-state index is 12.4. The summed E-state index contributed by atoms with van der Waals surface area (Å²) in [6, 6.07) is 0.308. The topological polar surface area (TPSA) is 55.8 Å². The van der Waals surface area contributed by atoms with Crippen LogP contribution in [-0.2, 0) is 0 Å². The van der Waals surface area contributed by atoms with Crippen LogP contribution < -0.4 is 5.32 Å². The number of aliphatic hydroxyl groups excluding tert-OH is 1. The first-order valence-corrected chi connectivity index (χ1v) is 8.57. The van der Waals surface area contributed by atoms with Crippen LogP contribution in [0.1, 0.15) is 47.5 Å². The fourth-order valence-corrected chi connectivity index (χ4v) is 3.54. The van der Waals surface area contributed by atoms with Gasteiger partial charge in [0.05, 0.1) is 6.10 Å². The van der Waals surface area contributed by atoms with Gasteiger partial charge in [-0.15, -0.1) is 0 Å². The van der Waals surface area contributed by atoms with E-state index in [1.165, 1.54) is 0 Å². The van der Waals surface area contributed by atoms with Crippen molar-refractivity contribution in [1.29, 1.82) is 0 Å². The first-order chi connectivity index (χ1) is 10.2. The third-order valence-corrected chi connectivity index (χ3v) is 4.78. The number of aliphatic hydroxyl groups is 1. The number of nitrogens with zero attached hydrogens (tertiary/aromatic N) is 2. The number of carbonyl (C=O) groups excluding carboxylic acids is 1. The van der Waals surface area contributed by atoms with E-state index in [-0.39, 0.29) is 17.6 Å². The van der Waals surface area contributed by atoms with Gasteiger partial charge < -0.3 is 20.2 Å². The van der Waals surface area contributed by atoms with Crippen LogP contribution in [0, 0.1) is 11.3 Å². The normalized spacial score (nSPS) is 24.9. The standard InChI is InChI=1S/C17H35N3O2/c1-7-20-9-8-15(13(2)11-20)19(6)16(22)18-12-17(4,5)10-14(3)21/h13-15,21H,7-12H2,1-6H3,(H,18,22). The lowest BCUT2D eigenvalue weighted by Gasteiger charge is -2.41. The van der Waals surface area contributed by atoms with E-state index in [1.807, 2.05) is 11.9 Å². The minimum atomic E-state index is -0.344. The molecule has 1 fully saturated rings. The molecule has 5 heteroatoms. The van der Waals surface area contributed by atoms with Crippen molar-refractivity contribution >= 4 is 6.03 Å². The SMILES string of the molecule is CCN1CCC(N(C)C(=O)NCC(C)(C)CC(C)O)C(C)C1. The molecular formula is C17H35N3O2. The Morgan fingerprint density at radius 2 is 2.14 bits per heavy atom. The lowest BCUT2D eigenvalue weighted by atomic mass is 9.87. The van der Waals surface area contributed by atoms with Gasteiger partial charge in [-0.25, -0.2) is 4.79 Å². The van der Waals surface area contributed by atoms with Crippen LogP contribution in [0.4, 0.5) is 4.79 Å². The van der Waals surface area contributed by atoms with Crippen LogP contribution >= 0.6 is 0 Å². The first-order valence-electron chi connectivity index (χ1n) is 8.57. The summed E-state index contributed by atoms with van der Waals surface area (Å²) in [6.45, 7) is 14.2. The summed E-state index contributed by atoms with van der Waals surface area (Å²) >= 11 is 0. The van der Waals surface area contributed by atoms with Crippen LogP contribution in [0.2, 0.25) is 0 Å². The fourth-order valence-electron chi connectivity index (χ4n) is 3.54. The highest BCUT2D eigenvalue weighted by Gasteiger charge is 2.31.